The van der Waals surface area contributed by atoms with E-state index in [1.807, 2.05) is 0 Å². The summed E-state index contributed by atoms with van der Waals surface area (Å²) in [5.41, 5.74) is 0. The predicted molar refractivity (Wildman–Crippen MR) is 75.4 cm³/mol. The van der Waals surface area contributed by atoms with Crippen molar-refractivity contribution in [1.82, 2.24) is 0 Å². The molecule has 0 spiro atoms. The first-order valence-corrected chi connectivity index (χ1v) is 8.27. The molecule has 6 atom stereocenters. The van der Waals surface area contributed by atoms with Crippen LogP contribution in [0.3, 0.4) is 0 Å². The summed E-state index contributed by atoms with van der Waals surface area (Å²) < 4.78 is 5.82. The van der Waals surface area contributed by atoms with Crippen LogP contribution >= 0.6 is 22.6 Å². The van der Waals surface area contributed by atoms with E-state index >= 15 is 0 Å². The zero-order chi connectivity index (χ0) is 12.9. The Kier molecular flexibility index (Phi) is 3.41. The van der Waals surface area contributed by atoms with E-state index in [0.29, 0.717) is 28.0 Å². The molecule has 1 aliphatic heterocycles. The van der Waals surface area contributed by atoms with Gasteiger partial charge < -0.3 is 4.74 Å². The van der Waals surface area contributed by atoms with Crippen LogP contribution in [0.1, 0.15) is 39.0 Å². The topological polar surface area (TPSA) is 43.4 Å². The van der Waals surface area contributed by atoms with Gasteiger partial charge in [-0.2, -0.15) is 0 Å². The normalized spacial score (nSPS) is 44.4. The quantitative estimate of drug-likeness (QED) is 0.327. The van der Waals surface area contributed by atoms with Crippen molar-refractivity contribution < 1.29 is 14.3 Å². The lowest BCUT2D eigenvalue weighted by Crippen LogP contribution is -2.37. The lowest BCUT2D eigenvalue weighted by Gasteiger charge is -2.27. The molecule has 0 aromatic heterocycles. The summed E-state index contributed by atoms with van der Waals surface area (Å²) in [6.07, 6.45) is 5.00. The number of esters is 1. The summed E-state index contributed by atoms with van der Waals surface area (Å²) in [6.45, 7) is 2.14. The molecule has 2 saturated carbocycles. The second-order valence-corrected chi connectivity index (χ2v) is 7.32. The van der Waals surface area contributed by atoms with E-state index in [-0.39, 0.29) is 23.9 Å². The third kappa shape index (κ3) is 1.74. The maximum atomic E-state index is 12.4. The highest BCUT2D eigenvalue weighted by Crippen LogP contribution is 2.60. The van der Waals surface area contributed by atoms with E-state index in [1.165, 1.54) is 0 Å². The number of hydrogen-bond acceptors (Lipinski definition) is 3. The van der Waals surface area contributed by atoms with E-state index in [9.17, 15) is 9.59 Å². The van der Waals surface area contributed by atoms with Crippen LogP contribution < -0.4 is 0 Å². The summed E-state index contributed by atoms with van der Waals surface area (Å²) >= 11 is 2.39. The van der Waals surface area contributed by atoms with E-state index in [2.05, 4.69) is 29.5 Å². The van der Waals surface area contributed by atoms with Crippen LogP contribution in [-0.4, -0.2) is 21.8 Å². The van der Waals surface area contributed by atoms with E-state index in [1.54, 1.807) is 0 Å². The van der Waals surface area contributed by atoms with Crippen molar-refractivity contribution in [3.05, 3.63) is 0 Å². The summed E-state index contributed by atoms with van der Waals surface area (Å²) in [5, 5.41) is 0. The van der Waals surface area contributed by atoms with Crippen LogP contribution in [0.15, 0.2) is 0 Å². The highest BCUT2D eigenvalue weighted by molar-refractivity contribution is 14.1. The first-order chi connectivity index (χ1) is 8.65. The van der Waals surface area contributed by atoms with Crippen LogP contribution in [0.25, 0.3) is 0 Å². The van der Waals surface area contributed by atoms with Gasteiger partial charge in [-0.05, 0) is 18.8 Å². The molecular weight excluding hydrogens is 343 g/mol. The molecule has 0 aromatic carbocycles. The van der Waals surface area contributed by atoms with Crippen molar-refractivity contribution in [3.8, 4) is 0 Å². The maximum Gasteiger partial charge on any atom is 0.310 e. The van der Waals surface area contributed by atoms with Crippen molar-refractivity contribution in [2.75, 3.05) is 0 Å². The van der Waals surface area contributed by atoms with E-state index < -0.39 is 0 Å². The van der Waals surface area contributed by atoms with Gasteiger partial charge in [-0.25, -0.2) is 0 Å². The number of ketones is 1. The molecule has 0 unspecified atom stereocenters. The Bertz CT molecular complexity index is 381. The summed E-state index contributed by atoms with van der Waals surface area (Å²) in [5.74, 6) is 0.830. The second-order valence-electron chi connectivity index (χ2n) is 5.88. The summed E-state index contributed by atoms with van der Waals surface area (Å²) in [4.78, 5) is 24.3. The van der Waals surface area contributed by atoms with Gasteiger partial charge in [-0.3, -0.25) is 9.59 Å². The zero-order valence-corrected chi connectivity index (χ0v) is 12.8. The van der Waals surface area contributed by atoms with Crippen molar-refractivity contribution in [3.63, 3.8) is 0 Å². The first-order valence-electron chi connectivity index (χ1n) is 7.02. The fourth-order valence-electron chi connectivity index (χ4n) is 4.13. The third-order valence-corrected chi connectivity index (χ3v) is 6.55. The highest BCUT2D eigenvalue weighted by atomic mass is 127. The summed E-state index contributed by atoms with van der Waals surface area (Å²) in [6, 6.07) is 0. The average molecular weight is 362 g/mol. The van der Waals surface area contributed by atoms with Gasteiger partial charge in [-0.15, -0.1) is 0 Å². The lowest BCUT2D eigenvalue weighted by atomic mass is 9.76. The minimum atomic E-state index is -0.0971. The molecule has 2 bridgehead atoms. The van der Waals surface area contributed by atoms with Gasteiger partial charge in [0.15, 0.2) is 0 Å². The number of Topliss-reactive ketones (excluding diaryl/α,β-unsaturated/α-hetero) is 1. The molecule has 3 fully saturated rings. The molecule has 18 heavy (non-hydrogen) atoms. The van der Waals surface area contributed by atoms with Crippen molar-refractivity contribution in [1.29, 1.82) is 0 Å². The van der Waals surface area contributed by atoms with Gasteiger partial charge in [0.05, 0.1) is 9.84 Å². The number of carbonyl (C=O) groups excluding carboxylic acids is 2. The molecule has 4 heteroatoms. The Morgan fingerprint density at radius 1 is 1.39 bits per heavy atom. The molecule has 0 amide bonds. The van der Waals surface area contributed by atoms with Crippen LogP contribution in [0, 0.1) is 23.7 Å². The van der Waals surface area contributed by atoms with Gasteiger partial charge >= 0.3 is 5.97 Å². The largest absolute Gasteiger partial charge is 0.461 e. The molecule has 3 rings (SSSR count). The number of ether oxygens (including phenoxy) is 1. The zero-order valence-electron chi connectivity index (χ0n) is 10.6. The standard InChI is InChI=1S/C14H19IO3/c1-2-3-4-5-9(16)10-7-6-8-11(10)14(17)18-13(8)12(7)15/h7-8,10-13H,2-6H2,1H3/t7-,8-,10-,11-,12-,13+/m0/s1. The Hall–Kier alpha value is -0.130. The van der Waals surface area contributed by atoms with Crippen LogP contribution in [0.5, 0.6) is 0 Å². The van der Waals surface area contributed by atoms with Crippen LogP contribution in [0.4, 0.5) is 0 Å². The second kappa shape index (κ2) is 4.76. The van der Waals surface area contributed by atoms with Gasteiger partial charge in [0.25, 0.3) is 0 Å². The number of carbonyl (C=O) groups is 2. The molecule has 100 valence electrons. The SMILES string of the molecule is CCCCCC(=O)[C@@H]1[C@@H]2C[C@@H]3[C@@H](OC(=O)[C@@H]31)[C@H]2I. The summed E-state index contributed by atoms with van der Waals surface area (Å²) in [7, 11) is 0. The Morgan fingerprint density at radius 3 is 2.89 bits per heavy atom. The minimum absolute atomic E-state index is 0.0278. The number of unbranched alkanes of at least 4 members (excludes halogenated alkanes) is 2. The van der Waals surface area contributed by atoms with E-state index in [4.69, 9.17) is 4.74 Å². The van der Waals surface area contributed by atoms with Crippen molar-refractivity contribution in [2.24, 2.45) is 23.7 Å². The smallest absolute Gasteiger partial charge is 0.310 e. The maximum absolute atomic E-state index is 12.4. The minimum Gasteiger partial charge on any atom is -0.461 e. The van der Waals surface area contributed by atoms with Gasteiger partial charge in [0.2, 0.25) is 0 Å². The molecule has 1 heterocycles. The molecule has 3 nitrogen and oxygen atoms in total. The van der Waals surface area contributed by atoms with Gasteiger partial charge in [0, 0.05) is 18.3 Å². The Balaban J connectivity index is 1.73. The number of hydrogen-bond donors (Lipinski definition) is 0. The Morgan fingerprint density at radius 2 is 2.17 bits per heavy atom. The predicted octanol–water partition coefficient (Wildman–Crippen LogP) is 2.75. The number of alkyl halides is 1. The van der Waals surface area contributed by atoms with Crippen molar-refractivity contribution >= 4 is 34.3 Å². The van der Waals surface area contributed by atoms with Crippen molar-refractivity contribution in [2.45, 2.75) is 49.1 Å². The number of fused-ring (bicyclic) bond motifs is 1. The first kappa shape index (κ1) is 12.9. The molecule has 2 aliphatic carbocycles. The molecule has 0 aromatic rings. The third-order valence-electron chi connectivity index (χ3n) is 4.92. The van der Waals surface area contributed by atoms with Gasteiger partial charge in [0.1, 0.15) is 11.9 Å². The van der Waals surface area contributed by atoms with Crippen LogP contribution in [0.2, 0.25) is 0 Å². The van der Waals surface area contributed by atoms with Crippen LogP contribution in [-0.2, 0) is 14.3 Å². The lowest BCUT2D eigenvalue weighted by molar-refractivity contribution is -0.145. The molecule has 0 N–H and O–H groups in total. The van der Waals surface area contributed by atoms with E-state index in [0.717, 1.165) is 25.7 Å². The van der Waals surface area contributed by atoms with Gasteiger partial charge in [-0.1, -0.05) is 42.4 Å². The number of rotatable bonds is 5. The Labute approximate surface area is 121 Å². The highest BCUT2D eigenvalue weighted by Gasteiger charge is 2.67. The average Bonchev–Trinajstić information content (AvgIpc) is 2.93. The monoisotopic (exact) mass is 362 g/mol. The fourth-order valence-corrected chi connectivity index (χ4v) is 5.55. The molecule has 0 radical (unpaired) electrons. The molecular formula is C14H19IO3. The fraction of sp³-hybridized carbons (Fsp3) is 0.857. The molecule has 1 saturated heterocycles. The number of halogens is 1. The molecule has 3 aliphatic rings.